The molecule has 0 unspecified atom stereocenters. The molecule has 324 valence electrons. The van der Waals surface area contributed by atoms with Crippen molar-refractivity contribution in [2.75, 3.05) is 4.90 Å². The Hall–Kier alpha value is -8.98. The molecule has 1 heterocycles. The molecule has 0 aliphatic heterocycles. The average molecular weight is 872 g/mol. The van der Waals surface area contributed by atoms with Crippen molar-refractivity contribution in [3.8, 4) is 44.5 Å². The van der Waals surface area contributed by atoms with Gasteiger partial charge in [0.25, 0.3) is 0 Å². The van der Waals surface area contributed by atoms with Crippen LogP contribution in [0, 0.1) is 0 Å². The minimum atomic E-state index is 0.828. The lowest BCUT2D eigenvalue weighted by atomic mass is 9.91. The van der Waals surface area contributed by atoms with E-state index in [9.17, 15) is 0 Å². The van der Waals surface area contributed by atoms with Gasteiger partial charge in [-0.1, -0.05) is 226 Å². The number of nitrogens with zero attached hydrogens (tertiary/aromatic N) is 1. The fourth-order valence-electron chi connectivity index (χ4n) is 9.11. The molecule has 0 spiro atoms. The number of anilines is 1. The number of fused-ring (bicyclic) bond motifs is 5. The molecule has 0 N–H and O–H groups in total. The van der Waals surface area contributed by atoms with Gasteiger partial charge in [-0.2, -0.15) is 0 Å². The number of hydrogen-bond donors (Lipinski definition) is 0. The molecule has 0 aliphatic rings. The van der Waals surface area contributed by atoms with Crippen LogP contribution in [0.1, 0.15) is 16.7 Å². The molecule has 0 saturated carbocycles. The van der Waals surface area contributed by atoms with Crippen LogP contribution in [0.15, 0.2) is 278 Å². The van der Waals surface area contributed by atoms with Gasteiger partial charge in [0.1, 0.15) is 11.2 Å². The van der Waals surface area contributed by atoms with E-state index < -0.39 is 0 Å². The van der Waals surface area contributed by atoms with Crippen LogP contribution in [0.4, 0.5) is 5.69 Å². The summed E-state index contributed by atoms with van der Waals surface area (Å²) in [6, 6.07) is 72.8. The molecule has 0 aliphatic carbocycles. The van der Waals surface area contributed by atoms with Crippen LogP contribution in [0.2, 0.25) is 0 Å². The largest absolute Gasteiger partial charge is 0.455 e. The molecule has 9 aromatic carbocycles. The Kier molecular flexibility index (Phi) is 12.4. The first-order chi connectivity index (χ1) is 33.6. The summed E-state index contributed by atoms with van der Waals surface area (Å²) in [6.07, 6.45) is 18.2. The Morgan fingerprint density at radius 3 is 1.88 bits per heavy atom. The Morgan fingerprint density at radius 2 is 1.10 bits per heavy atom. The number of benzene rings is 9. The predicted molar refractivity (Wildman–Crippen MR) is 293 cm³/mol. The van der Waals surface area contributed by atoms with Crippen LogP contribution >= 0.6 is 0 Å². The maximum atomic E-state index is 6.83. The molecule has 2 nitrogen and oxygen atoms in total. The number of para-hydroxylation sites is 1. The zero-order valence-electron chi connectivity index (χ0n) is 37.8. The lowest BCUT2D eigenvalue weighted by Gasteiger charge is -2.27. The van der Waals surface area contributed by atoms with Crippen molar-refractivity contribution in [2.24, 2.45) is 0 Å². The van der Waals surface area contributed by atoms with Crippen molar-refractivity contribution in [3.05, 3.63) is 291 Å². The first-order valence-electron chi connectivity index (χ1n) is 22.9. The van der Waals surface area contributed by atoms with Crippen LogP contribution in [0.5, 0.6) is 0 Å². The third kappa shape index (κ3) is 8.75. The van der Waals surface area contributed by atoms with Gasteiger partial charge in [-0.15, -0.1) is 0 Å². The van der Waals surface area contributed by atoms with E-state index in [1.165, 1.54) is 22.3 Å². The third-order valence-corrected chi connectivity index (χ3v) is 12.4. The Balaban J connectivity index is 1.09. The first-order valence-corrected chi connectivity index (χ1v) is 22.9. The highest BCUT2D eigenvalue weighted by Crippen LogP contribution is 2.39. The van der Waals surface area contributed by atoms with Crippen LogP contribution in [0.25, 0.3) is 95.4 Å². The molecule has 0 radical (unpaired) electrons. The summed E-state index contributed by atoms with van der Waals surface area (Å²) in [5.74, 6) is 0. The number of furan rings is 1. The Labute approximate surface area is 399 Å². The van der Waals surface area contributed by atoms with Gasteiger partial charge < -0.3 is 9.32 Å². The standard InChI is InChI=1S/C66H49NO/c1-4-7-31-58(45-55-30-20-35-62-63-43-38-52-28-15-17-34-61(52)66(63)68-65(55)62)67(56(6-3)32-19-22-47-21-18-29-54(44-47)59-33-16-14-23-48(59)5-2)57-40-36-49(37-41-57)53-39-42-60(50-24-10-8-11-25-50)64(46-53)51-26-12-9-13-27-51/h4-46H,1-3H2/b22-19+,31-7-,56-32+,58-45-. The lowest BCUT2D eigenvalue weighted by Crippen LogP contribution is -2.19. The van der Waals surface area contributed by atoms with Crippen LogP contribution in [-0.4, -0.2) is 0 Å². The number of rotatable bonds is 14. The normalized spacial score (nSPS) is 12.1. The van der Waals surface area contributed by atoms with Gasteiger partial charge >= 0.3 is 0 Å². The second-order valence-electron chi connectivity index (χ2n) is 16.6. The lowest BCUT2D eigenvalue weighted by molar-refractivity contribution is 0.671. The molecular weight excluding hydrogens is 823 g/mol. The fourth-order valence-corrected chi connectivity index (χ4v) is 9.11. The van der Waals surface area contributed by atoms with Crippen LogP contribution in [0.3, 0.4) is 0 Å². The molecule has 2 heteroatoms. The minimum absolute atomic E-state index is 0.828. The van der Waals surface area contributed by atoms with E-state index in [0.717, 1.165) is 88.7 Å². The quantitative estimate of drug-likeness (QED) is 0.101. The first kappa shape index (κ1) is 42.9. The van der Waals surface area contributed by atoms with Gasteiger partial charge in [-0.05, 0) is 116 Å². The summed E-state index contributed by atoms with van der Waals surface area (Å²) in [5, 5.41) is 4.39. The molecule has 0 fully saturated rings. The molecule has 0 atom stereocenters. The number of allylic oxidation sites excluding steroid dienone is 6. The van der Waals surface area contributed by atoms with E-state index in [0.29, 0.717) is 0 Å². The van der Waals surface area contributed by atoms with Crippen molar-refractivity contribution in [2.45, 2.75) is 0 Å². The van der Waals surface area contributed by atoms with Gasteiger partial charge in [0.2, 0.25) is 0 Å². The van der Waals surface area contributed by atoms with E-state index in [2.05, 4.69) is 255 Å². The SMILES string of the molecule is C=C/C=C\C(=C\c1cccc2c1oc1c3ccccc3ccc21)N(/C(C=C)=C/C=C/c1cccc(-c2ccccc2C=C)c1)c1ccc(-c2ccc(-c3ccccc3)c(-c3ccccc3)c2)cc1. The van der Waals surface area contributed by atoms with Crippen molar-refractivity contribution >= 4 is 56.6 Å². The van der Waals surface area contributed by atoms with Crippen molar-refractivity contribution < 1.29 is 4.42 Å². The highest BCUT2D eigenvalue weighted by atomic mass is 16.3. The van der Waals surface area contributed by atoms with Gasteiger partial charge in [0, 0.05) is 38.8 Å². The van der Waals surface area contributed by atoms with Crippen LogP contribution in [-0.2, 0) is 0 Å². The summed E-state index contributed by atoms with van der Waals surface area (Å²) in [4.78, 5) is 2.24. The Morgan fingerprint density at radius 1 is 0.441 bits per heavy atom. The zero-order chi connectivity index (χ0) is 46.2. The minimum Gasteiger partial charge on any atom is -0.455 e. The summed E-state index contributed by atoms with van der Waals surface area (Å²) >= 11 is 0. The van der Waals surface area contributed by atoms with Crippen LogP contribution < -0.4 is 4.90 Å². The molecule has 68 heavy (non-hydrogen) atoms. The molecule has 0 saturated heterocycles. The van der Waals surface area contributed by atoms with Crippen molar-refractivity contribution in [1.82, 2.24) is 0 Å². The smallest absolute Gasteiger partial charge is 0.143 e. The highest BCUT2D eigenvalue weighted by molar-refractivity contribution is 6.16. The molecule has 0 amide bonds. The number of hydrogen-bond acceptors (Lipinski definition) is 2. The predicted octanol–water partition coefficient (Wildman–Crippen LogP) is 18.4. The van der Waals surface area contributed by atoms with E-state index >= 15 is 0 Å². The van der Waals surface area contributed by atoms with Gasteiger partial charge in [0.05, 0.1) is 0 Å². The summed E-state index contributed by atoms with van der Waals surface area (Å²) in [5.41, 5.74) is 16.9. The van der Waals surface area contributed by atoms with E-state index in [1.54, 1.807) is 6.08 Å². The van der Waals surface area contributed by atoms with Gasteiger partial charge in [-0.3, -0.25) is 0 Å². The highest BCUT2D eigenvalue weighted by Gasteiger charge is 2.18. The second-order valence-corrected chi connectivity index (χ2v) is 16.6. The van der Waals surface area contributed by atoms with Gasteiger partial charge in [-0.25, -0.2) is 0 Å². The topological polar surface area (TPSA) is 16.4 Å². The summed E-state index contributed by atoms with van der Waals surface area (Å²) in [6.45, 7) is 12.5. The fraction of sp³-hybridized carbons (Fsp3) is 0. The average Bonchev–Trinajstić information content (AvgIpc) is 3.80. The molecule has 0 bridgehead atoms. The Bertz CT molecular complexity index is 3600. The van der Waals surface area contributed by atoms with Crippen molar-refractivity contribution in [3.63, 3.8) is 0 Å². The van der Waals surface area contributed by atoms with E-state index in [-0.39, 0.29) is 0 Å². The maximum Gasteiger partial charge on any atom is 0.143 e. The van der Waals surface area contributed by atoms with E-state index in [1.807, 2.05) is 24.3 Å². The van der Waals surface area contributed by atoms with Gasteiger partial charge in [0.15, 0.2) is 0 Å². The second kappa shape index (κ2) is 19.6. The molecule has 10 aromatic rings. The van der Waals surface area contributed by atoms with Crippen molar-refractivity contribution in [1.29, 1.82) is 0 Å². The zero-order valence-corrected chi connectivity index (χ0v) is 37.8. The third-order valence-electron chi connectivity index (χ3n) is 12.4. The maximum absolute atomic E-state index is 6.83. The molecule has 10 rings (SSSR count). The summed E-state index contributed by atoms with van der Waals surface area (Å²) < 4.78 is 6.83. The summed E-state index contributed by atoms with van der Waals surface area (Å²) in [7, 11) is 0. The molecular formula is C66H49NO. The monoisotopic (exact) mass is 871 g/mol. The molecule has 1 aromatic heterocycles. The van der Waals surface area contributed by atoms with E-state index in [4.69, 9.17) is 4.42 Å².